The van der Waals surface area contributed by atoms with Gasteiger partial charge in [0.1, 0.15) is 36.1 Å². The summed E-state index contributed by atoms with van der Waals surface area (Å²) >= 11 is 8.08. The first-order chi connectivity index (χ1) is 37.0. The second-order valence-electron chi connectivity index (χ2n) is 21.3. The van der Waals surface area contributed by atoms with Crippen LogP contribution in [0.5, 0.6) is 5.75 Å². The number of nitrogens with zero attached hydrogens (tertiary/aromatic N) is 5. The first kappa shape index (κ1) is 59.4. The minimum Gasteiger partial charge on any atom is -0.489 e. The molecule has 4 amide bonds. The number of benzene rings is 3. The molecule has 7 rings (SSSR count). The lowest BCUT2D eigenvalue weighted by atomic mass is 9.85. The number of aliphatic hydroxyl groups excluding tert-OH is 1. The van der Waals surface area contributed by atoms with Crippen molar-refractivity contribution in [3.63, 3.8) is 0 Å². The number of hydrogen-bond acceptors (Lipinski definition) is 16. The second-order valence-corrected chi connectivity index (χ2v) is 25.0. The summed E-state index contributed by atoms with van der Waals surface area (Å²) in [5, 5.41) is 22.3. The maximum absolute atomic E-state index is 14.1. The van der Waals surface area contributed by atoms with Gasteiger partial charge in [-0.3, -0.25) is 19.2 Å². The molecular weight excluding hydrogens is 1060 g/mol. The largest absolute Gasteiger partial charge is 0.489 e. The summed E-state index contributed by atoms with van der Waals surface area (Å²) in [6.07, 6.45) is 1.88. The second kappa shape index (κ2) is 26.2. The van der Waals surface area contributed by atoms with Crippen molar-refractivity contribution in [2.45, 2.75) is 128 Å². The number of halogens is 1. The van der Waals surface area contributed by atoms with Gasteiger partial charge in [-0.05, 0) is 112 Å². The number of β-amino-alcohol motifs (C(OH)–C–C–N with tert-alkyl or cyclic N) is 1. The maximum atomic E-state index is 14.1. The molecule has 2 aliphatic rings. The minimum absolute atomic E-state index is 0.0254. The molecule has 0 aliphatic carbocycles. The minimum atomic E-state index is -3.61. The molecule has 19 nitrogen and oxygen atoms in total. The lowest BCUT2D eigenvalue weighted by Gasteiger charge is -2.35. The van der Waals surface area contributed by atoms with Gasteiger partial charge in [0, 0.05) is 32.6 Å². The van der Waals surface area contributed by atoms with Crippen molar-refractivity contribution in [1.82, 2.24) is 35.4 Å². The van der Waals surface area contributed by atoms with E-state index in [0.29, 0.717) is 30.2 Å². The molecule has 2 aromatic heterocycles. The molecule has 0 bridgehead atoms. The van der Waals surface area contributed by atoms with Gasteiger partial charge < -0.3 is 50.4 Å². The summed E-state index contributed by atoms with van der Waals surface area (Å²) in [7, 11) is -3.61. The van der Waals surface area contributed by atoms with E-state index in [4.69, 9.17) is 25.8 Å². The number of rotatable bonds is 22. The van der Waals surface area contributed by atoms with E-state index in [9.17, 15) is 32.7 Å². The van der Waals surface area contributed by atoms with Crippen LogP contribution in [0.25, 0.3) is 10.4 Å². The Bertz CT molecular complexity index is 3030. The van der Waals surface area contributed by atoms with E-state index in [2.05, 4.69) is 36.2 Å². The number of ether oxygens (including phenoxy) is 3. The first-order valence-electron chi connectivity index (χ1n) is 26.2. The van der Waals surface area contributed by atoms with Crippen molar-refractivity contribution in [2.24, 2.45) is 5.41 Å². The molecule has 22 heteroatoms. The SMILES string of the molecule is Cc1cc(Nc2ncc(Cl)c(Nc3ccccc3S(=O)(=O)C(C)C)n2)c(OC(C)C)cc1C1CCN(C(=O)COCCOCC(=O)NC(C(=O)N2C[C@H](O)C[C@H]2C(=O)NCc2ccc(-c3scnc3C)cc2)C(C)(C)C)CC1. The van der Waals surface area contributed by atoms with Crippen LogP contribution in [0, 0.1) is 19.3 Å². The number of para-hydroxylation sites is 1. The number of nitrogens with one attached hydrogen (secondary N) is 4. The number of sulfone groups is 1. The number of carbonyl (C=O) groups is 4. The molecule has 2 saturated heterocycles. The number of piperidine rings is 1. The zero-order valence-electron chi connectivity index (χ0n) is 45.7. The molecule has 5 N–H and O–H groups in total. The van der Waals surface area contributed by atoms with Crippen molar-refractivity contribution >= 4 is 79.5 Å². The highest BCUT2D eigenvalue weighted by Gasteiger charge is 2.44. The molecular formula is C56H72ClN9O10S2. The molecule has 3 atom stereocenters. The smallest absolute Gasteiger partial charge is 0.248 e. The van der Waals surface area contributed by atoms with Gasteiger partial charge in [-0.25, -0.2) is 18.4 Å². The zero-order chi connectivity index (χ0) is 56.5. The Balaban J connectivity index is 0.853. The number of amides is 4. The van der Waals surface area contributed by atoms with Gasteiger partial charge in [-0.1, -0.05) is 68.8 Å². The normalized spacial score (nSPS) is 16.6. The fourth-order valence-corrected chi connectivity index (χ4v) is 11.5. The van der Waals surface area contributed by atoms with E-state index in [1.807, 2.05) is 84.9 Å². The fourth-order valence-electron chi connectivity index (χ4n) is 9.38. The average molecular weight is 1130 g/mol. The Hall–Kier alpha value is -6.23. The molecule has 5 aromatic rings. The number of aromatic nitrogens is 3. The van der Waals surface area contributed by atoms with Crippen LogP contribution < -0.4 is 26.0 Å². The topological polar surface area (TPSA) is 244 Å². The Morgan fingerprint density at radius 2 is 1.60 bits per heavy atom. The van der Waals surface area contributed by atoms with Gasteiger partial charge in [0.05, 0.1) is 69.2 Å². The monoisotopic (exact) mass is 1130 g/mol. The summed E-state index contributed by atoms with van der Waals surface area (Å²) in [6, 6.07) is 16.5. The van der Waals surface area contributed by atoms with Crippen molar-refractivity contribution in [1.29, 1.82) is 0 Å². The summed E-state index contributed by atoms with van der Waals surface area (Å²) in [6.45, 7) is 17.3. The van der Waals surface area contributed by atoms with E-state index in [-0.39, 0.29) is 85.6 Å². The number of anilines is 4. The zero-order valence-corrected chi connectivity index (χ0v) is 48.1. The third kappa shape index (κ3) is 15.1. The van der Waals surface area contributed by atoms with Crippen molar-refractivity contribution in [2.75, 3.05) is 56.7 Å². The van der Waals surface area contributed by atoms with Crippen LogP contribution >= 0.6 is 22.9 Å². The molecule has 0 spiro atoms. The van der Waals surface area contributed by atoms with Crippen LogP contribution in [-0.2, 0) is 45.0 Å². The molecule has 2 fully saturated rings. The lowest BCUT2D eigenvalue weighted by molar-refractivity contribution is -0.144. The van der Waals surface area contributed by atoms with Gasteiger partial charge in [0.15, 0.2) is 15.7 Å². The number of hydrogen-bond donors (Lipinski definition) is 5. The molecule has 420 valence electrons. The highest BCUT2D eigenvalue weighted by atomic mass is 35.5. The van der Waals surface area contributed by atoms with Gasteiger partial charge in [-0.15, -0.1) is 11.3 Å². The predicted molar refractivity (Wildman–Crippen MR) is 301 cm³/mol. The van der Waals surface area contributed by atoms with Crippen LogP contribution in [0.4, 0.5) is 23.1 Å². The van der Waals surface area contributed by atoms with Crippen molar-refractivity contribution in [3.8, 4) is 16.2 Å². The first-order valence-corrected chi connectivity index (χ1v) is 29.0. The third-order valence-corrected chi connectivity index (χ3v) is 17.1. The summed E-state index contributed by atoms with van der Waals surface area (Å²) in [5.74, 6) is -0.391. The van der Waals surface area contributed by atoms with Crippen LogP contribution in [0.2, 0.25) is 5.02 Å². The standard InChI is InChI=1S/C56H72ClN9O10S2/c1-33(2)76-46-26-41(35(5)24-44(46)62-55-59-28-42(57)52(64-55)61-43-12-10-11-13-47(43)78(72,73)34(3)4)38-18-20-65(21-19-38)49(69)31-75-23-22-74-30-48(68)63-51(56(7,8)9)54(71)66-29-40(67)25-45(66)53(70)58-27-37-14-16-39(17-15-37)50-36(6)60-32-77-50/h10-17,24,26,28,32-34,38,40,45,51,67H,18-23,25,27,29-31H2,1-9H3,(H,58,70)(H,63,68)(H2,59,61,62,64)/t40-,45+,51?/m1/s1. The van der Waals surface area contributed by atoms with Crippen molar-refractivity contribution in [3.05, 3.63) is 99.8 Å². The number of carbonyl (C=O) groups excluding carboxylic acids is 4. The van der Waals surface area contributed by atoms with E-state index >= 15 is 0 Å². The molecule has 1 unspecified atom stereocenters. The Labute approximate surface area is 466 Å². The van der Waals surface area contributed by atoms with E-state index in [1.54, 1.807) is 59.9 Å². The van der Waals surface area contributed by atoms with Gasteiger partial charge in [0.2, 0.25) is 29.6 Å². The summed E-state index contributed by atoms with van der Waals surface area (Å²) in [4.78, 5) is 71.6. The highest BCUT2D eigenvalue weighted by molar-refractivity contribution is 7.92. The van der Waals surface area contributed by atoms with E-state index < -0.39 is 56.4 Å². The van der Waals surface area contributed by atoms with Crippen molar-refractivity contribution < 1.29 is 46.9 Å². The van der Waals surface area contributed by atoms with Gasteiger partial charge in [0.25, 0.3) is 0 Å². The Morgan fingerprint density at radius 1 is 0.910 bits per heavy atom. The Morgan fingerprint density at radius 3 is 2.26 bits per heavy atom. The molecule has 78 heavy (non-hydrogen) atoms. The van der Waals surface area contributed by atoms with Crippen LogP contribution in [0.1, 0.15) is 96.0 Å². The van der Waals surface area contributed by atoms with E-state index in [1.165, 1.54) is 11.1 Å². The Kier molecular flexibility index (Phi) is 19.9. The van der Waals surface area contributed by atoms with Gasteiger partial charge >= 0.3 is 0 Å². The fraction of sp³-hybridized carbons (Fsp3) is 0.482. The molecule has 3 aromatic carbocycles. The molecule has 0 saturated carbocycles. The van der Waals surface area contributed by atoms with Crippen LogP contribution in [0.15, 0.2) is 77.3 Å². The van der Waals surface area contributed by atoms with Gasteiger partial charge in [-0.2, -0.15) is 4.98 Å². The molecule has 2 aliphatic heterocycles. The summed E-state index contributed by atoms with van der Waals surface area (Å²) < 4.78 is 43.8. The maximum Gasteiger partial charge on any atom is 0.248 e. The molecule has 0 radical (unpaired) electrons. The number of likely N-dealkylation sites (tertiary alicyclic amines) is 2. The third-order valence-electron chi connectivity index (χ3n) is 13.6. The van der Waals surface area contributed by atoms with Crippen LogP contribution in [-0.4, -0.2) is 138 Å². The van der Waals surface area contributed by atoms with E-state index in [0.717, 1.165) is 45.7 Å². The number of aryl methyl sites for hydroxylation is 2. The number of aliphatic hydroxyl groups is 1. The lowest BCUT2D eigenvalue weighted by Crippen LogP contribution is -2.58. The summed E-state index contributed by atoms with van der Waals surface area (Å²) in [5.41, 5.74) is 6.99. The van der Waals surface area contributed by atoms with Crippen LogP contribution in [0.3, 0.4) is 0 Å². The predicted octanol–water partition coefficient (Wildman–Crippen LogP) is 7.88. The quantitative estimate of drug-likeness (QED) is 0.0414. The number of thiazole rings is 1. The molecule has 4 heterocycles. The average Bonchev–Trinajstić information content (AvgIpc) is 4.02. The highest BCUT2D eigenvalue weighted by Crippen LogP contribution is 2.39.